The third-order valence-electron chi connectivity index (χ3n) is 4.21. The third-order valence-corrected chi connectivity index (χ3v) is 4.21. The van der Waals surface area contributed by atoms with Gasteiger partial charge in [-0.15, -0.1) is 0 Å². The Kier molecular flexibility index (Phi) is 5.18. The maximum Gasteiger partial charge on any atom is 0.223 e. The van der Waals surface area contributed by atoms with Crippen LogP contribution in [0.2, 0.25) is 0 Å². The number of hydrogen-bond acceptors (Lipinski definition) is 2. The molecule has 1 atom stereocenters. The molecule has 0 radical (unpaired) electrons. The first-order valence-electron chi connectivity index (χ1n) is 7.67. The summed E-state index contributed by atoms with van der Waals surface area (Å²) in [5.41, 5.74) is 0.481. The van der Waals surface area contributed by atoms with E-state index in [1.165, 1.54) is 5.56 Å². The molecule has 110 valence electrons. The largest absolute Gasteiger partial charge is 0.389 e. The van der Waals surface area contributed by atoms with Gasteiger partial charge in [0.15, 0.2) is 0 Å². The lowest BCUT2D eigenvalue weighted by Crippen LogP contribution is -2.40. The molecule has 3 nitrogen and oxygen atoms in total. The van der Waals surface area contributed by atoms with E-state index in [4.69, 9.17) is 0 Å². The number of carbonyl (C=O) groups is 1. The topological polar surface area (TPSA) is 49.3 Å². The van der Waals surface area contributed by atoms with Crippen LogP contribution in [0.5, 0.6) is 0 Å². The van der Waals surface area contributed by atoms with Crippen molar-refractivity contribution in [2.24, 2.45) is 0 Å². The number of carbonyl (C=O) groups excluding carboxylic acids is 1. The van der Waals surface area contributed by atoms with Gasteiger partial charge < -0.3 is 10.4 Å². The number of nitrogens with one attached hydrogen (secondary N) is 1. The molecule has 0 saturated heterocycles. The fourth-order valence-corrected chi connectivity index (χ4v) is 2.98. The van der Waals surface area contributed by atoms with Crippen molar-refractivity contribution in [3.8, 4) is 0 Å². The van der Waals surface area contributed by atoms with Crippen LogP contribution in [-0.2, 0) is 11.2 Å². The number of amides is 1. The van der Waals surface area contributed by atoms with Gasteiger partial charge in [0, 0.05) is 6.04 Å². The fourth-order valence-electron chi connectivity index (χ4n) is 2.98. The van der Waals surface area contributed by atoms with Gasteiger partial charge in [0.25, 0.3) is 0 Å². The predicted molar refractivity (Wildman–Crippen MR) is 80.4 cm³/mol. The molecule has 0 aliphatic heterocycles. The number of rotatable bonds is 6. The van der Waals surface area contributed by atoms with Crippen LogP contribution in [0.4, 0.5) is 0 Å². The van der Waals surface area contributed by atoms with Crippen LogP contribution in [-0.4, -0.2) is 22.7 Å². The summed E-state index contributed by atoms with van der Waals surface area (Å²) in [7, 11) is 0. The summed E-state index contributed by atoms with van der Waals surface area (Å²) >= 11 is 0. The van der Waals surface area contributed by atoms with Gasteiger partial charge in [0.1, 0.15) is 0 Å². The van der Waals surface area contributed by atoms with Crippen molar-refractivity contribution in [2.45, 2.75) is 63.5 Å². The highest BCUT2D eigenvalue weighted by atomic mass is 16.3. The van der Waals surface area contributed by atoms with E-state index < -0.39 is 5.60 Å². The number of benzene rings is 1. The minimum atomic E-state index is -0.755. The van der Waals surface area contributed by atoms with Gasteiger partial charge in [-0.2, -0.15) is 0 Å². The highest BCUT2D eigenvalue weighted by Gasteiger charge is 2.33. The lowest BCUT2D eigenvalue weighted by Gasteiger charge is -2.23. The zero-order chi connectivity index (χ0) is 14.4. The van der Waals surface area contributed by atoms with E-state index in [-0.39, 0.29) is 18.4 Å². The normalized spacial score (nSPS) is 18.7. The summed E-state index contributed by atoms with van der Waals surface area (Å²) in [6.45, 7) is 2.08. The van der Waals surface area contributed by atoms with Gasteiger partial charge >= 0.3 is 0 Å². The van der Waals surface area contributed by atoms with E-state index in [1.54, 1.807) is 0 Å². The molecule has 1 fully saturated rings. The lowest BCUT2D eigenvalue weighted by atomic mass is 9.97. The van der Waals surface area contributed by atoms with Crippen LogP contribution in [0, 0.1) is 0 Å². The van der Waals surface area contributed by atoms with Crippen LogP contribution in [0.1, 0.15) is 51.0 Å². The molecule has 1 saturated carbocycles. The Morgan fingerprint density at radius 2 is 1.95 bits per heavy atom. The quantitative estimate of drug-likeness (QED) is 0.838. The van der Waals surface area contributed by atoms with E-state index in [0.717, 1.165) is 38.5 Å². The Hall–Kier alpha value is -1.35. The van der Waals surface area contributed by atoms with Gasteiger partial charge in [0.05, 0.1) is 12.0 Å². The second-order valence-electron chi connectivity index (χ2n) is 5.97. The molecular formula is C17H25NO2. The monoisotopic (exact) mass is 275 g/mol. The minimum Gasteiger partial charge on any atom is -0.389 e. The van der Waals surface area contributed by atoms with E-state index >= 15 is 0 Å². The van der Waals surface area contributed by atoms with E-state index in [2.05, 4.69) is 24.4 Å². The molecule has 0 aromatic heterocycles. The molecule has 1 aromatic rings. The molecule has 1 amide bonds. The maximum atomic E-state index is 12.1. The summed E-state index contributed by atoms with van der Waals surface area (Å²) in [6, 6.07) is 10.3. The second-order valence-corrected chi connectivity index (χ2v) is 5.97. The molecule has 0 bridgehead atoms. The van der Waals surface area contributed by atoms with Crippen LogP contribution in [0.3, 0.4) is 0 Å². The molecule has 0 spiro atoms. The lowest BCUT2D eigenvalue weighted by molar-refractivity contribution is -0.126. The molecule has 20 heavy (non-hydrogen) atoms. The molecule has 2 rings (SSSR count). The molecule has 1 aromatic carbocycles. The van der Waals surface area contributed by atoms with Gasteiger partial charge in [-0.25, -0.2) is 0 Å². The zero-order valence-electron chi connectivity index (χ0n) is 12.3. The molecule has 1 unspecified atom stereocenters. The van der Waals surface area contributed by atoms with Crippen molar-refractivity contribution in [1.29, 1.82) is 0 Å². The average molecular weight is 275 g/mol. The maximum absolute atomic E-state index is 12.1. The van der Waals surface area contributed by atoms with Crippen molar-refractivity contribution in [2.75, 3.05) is 0 Å². The van der Waals surface area contributed by atoms with Crippen LogP contribution < -0.4 is 5.32 Å². The van der Waals surface area contributed by atoms with Crippen molar-refractivity contribution in [3.63, 3.8) is 0 Å². The highest BCUT2D eigenvalue weighted by Crippen LogP contribution is 2.32. The highest BCUT2D eigenvalue weighted by molar-refractivity contribution is 5.77. The van der Waals surface area contributed by atoms with Crippen molar-refractivity contribution in [1.82, 2.24) is 5.32 Å². The number of hydrogen-bond donors (Lipinski definition) is 2. The standard InChI is InChI=1S/C17H25NO2/c1-2-15(12-14-8-4-3-5-9-14)18-16(19)13-17(20)10-6-7-11-17/h3-5,8-9,15,20H,2,6-7,10-13H2,1H3,(H,18,19). The van der Waals surface area contributed by atoms with E-state index in [0.29, 0.717) is 0 Å². The van der Waals surface area contributed by atoms with E-state index in [9.17, 15) is 9.90 Å². The average Bonchev–Trinajstić information content (AvgIpc) is 2.85. The van der Waals surface area contributed by atoms with Gasteiger partial charge in [0.2, 0.25) is 5.91 Å². The van der Waals surface area contributed by atoms with Crippen molar-refractivity contribution < 1.29 is 9.90 Å². The molecule has 2 N–H and O–H groups in total. The SMILES string of the molecule is CCC(Cc1ccccc1)NC(=O)CC1(O)CCCC1. The van der Waals surface area contributed by atoms with E-state index in [1.807, 2.05) is 18.2 Å². The van der Waals surface area contributed by atoms with Crippen LogP contribution in [0.25, 0.3) is 0 Å². The fraction of sp³-hybridized carbons (Fsp3) is 0.588. The Bertz CT molecular complexity index is 424. The summed E-state index contributed by atoms with van der Waals surface area (Å²) in [5, 5.41) is 13.3. The molecule has 0 heterocycles. The smallest absolute Gasteiger partial charge is 0.223 e. The molecule has 1 aliphatic carbocycles. The first kappa shape index (κ1) is 15.0. The second kappa shape index (κ2) is 6.89. The summed E-state index contributed by atoms with van der Waals surface area (Å²) in [4.78, 5) is 12.1. The Labute approximate surface area is 121 Å². The van der Waals surface area contributed by atoms with Gasteiger partial charge in [-0.1, -0.05) is 50.1 Å². The minimum absolute atomic E-state index is 0.0165. The number of aliphatic hydroxyl groups is 1. The summed E-state index contributed by atoms with van der Waals surface area (Å²) < 4.78 is 0. The van der Waals surface area contributed by atoms with Crippen molar-refractivity contribution >= 4 is 5.91 Å². The molecule has 3 heteroatoms. The third kappa shape index (κ3) is 4.34. The predicted octanol–water partition coefficient (Wildman–Crippen LogP) is 2.82. The first-order chi connectivity index (χ1) is 9.61. The van der Waals surface area contributed by atoms with Crippen LogP contribution in [0.15, 0.2) is 30.3 Å². The van der Waals surface area contributed by atoms with Crippen molar-refractivity contribution in [3.05, 3.63) is 35.9 Å². The Morgan fingerprint density at radius 1 is 1.30 bits per heavy atom. The van der Waals surface area contributed by atoms with Gasteiger partial charge in [-0.3, -0.25) is 4.79 Å². The zero-order valence-corrected chi connectivity index (χ0v) is 12.3. The summed E-state index contributed by atoms with van der Waals surface area (Å²) in [6.07, 6.45) is 5.58. The summed E-state index contributed by atoms with van der Waals surface area (Å²) in [5.74, 6) is -0.0165. The molecular weight excluding hydrogens is 250 g/mol. The molecule has 1 aliphatic rings. The van der Waals surface area contributed by atoms with Gasteiger partial charge in [-0.05, 0) is 31.2 Å². The Balaban J connectivity index is 1.84. The first-order valence-corrected chi connectivity index (χ1v) is 7.67. The Morgan fingerprint density at radius 3 is 2.55 bits per heavy atom. The van der Waals surface area contributed by atoms with Crippen LogP contribution >= 0.6 is 0 Å².